The molecule has 0 aliphatic heterocycles. The highest BCUT2D eigenvalue weighted by molar-refractivity contribution is 7.21. The van der Waals surface area contributed by atoms with E-state index in [1.165, 1.54) is 11.3 Å². The maximum Gasteiger partial charge on any atom is 0.267 e. The van der Waals surface area contributed by atoms with Crippen molar-refractivity contribution < 1.29 is 9.53 Å². The average Bonchev–Trinajstić information content (AvgIpc) is 3.24. The van der Waals surface area contributed by atoms with Crippen LogP contribution in [-0.4, -0.2) is 15.5 Å². The monoisotopic (exact) mass is 465 g/mol. The SMILES string of the molecule is Cn1ccnc1COc1ccc(NC(=O)c2sc3cc(Cl)cc(Cl)c3c2Cl)cc1. The van der Waals surface area contributed by atoms with E-state index in [9.17, 15) is 4.79 Å². The smallest absolute Gasteiger partial charge is 0.267 e. The number of nitrogens with one attached hydrogen (secondary N) is 1. The molecular formula is C20H14Cl3N3O2S. The Hall–Kier alpha value is -2.25. The minimum absolute atomic E-state index is 0.315. The lowest BCUT2D eigenvalue weighted by Crippen LogP contribution is -2.10. The molecule has 1 amide bonds. The molecular weight excluding hydrogens is 453 g/mol. The Bertz CT molecular complexity index is 1200. The van der Waals surface area contributed by atoms with E-state index in [1.54, 1.807) is 42.6 Å². The average molecular weight is 467 g/mol. The van der Waals surface area contributed by atoms with Gasteiger partial charge in [-0.15, -0.1) is 11.3 Å². The van der Waals surface area contributed by atoms with E-state index in [-0.39, 0.29) is 5.91 Å². The number of nitrogens with zero attached hydrogens (tertiary/aromatic N) is 2. The van der Waals surface area contributed by atoms with Gasteiger partial charge in [-0.25, -0.2) is 4.98 Å². The summed E-state index contributed by atoms with van der Waals surface area (Å²) in [5, 5.41) is 4.70. The molecule has 1 N–H and O–H groups in total. The van der Waals surface area contributed by atoms with Gasteiger partial charge in [0.05, 0.1) is 10.0 Å². The van der Waals surface area contributed by atoms with Crippen LogP contribution >= 0.6 is 46.1 Å². The summed E-state index contributed by atoms with van der Waals surface area (Å²) in [7, 11) is 1.91. The molecule has 0 atom stereocenters. The van der Waals surface area contributed by atoms with E-state index >= 15 is 0 Å². The Morgan fingerprint density at radius 2 is 1.97 bits per heavy atom. The first-order valence-corrected chi connectivity index (χ1v) is 10.4. The molecule has 2 aromatic carbocycles. The first-order chi connectivity index (χ1) is 13.9. The number of halogens is 3. The number of thiophene rings is 1. The van der Waals surface area contributed by atoms with Crippen molar-refractivity contribution in [2.75, 3.05) is 5.32 Å². The Morgan fingerprint density at radius 1 is 1.21 bits per heavy atom. The third-order valence-corrected chi connectivity index (χ3v) is 6.40. The predicted octanol–water partition coefficient (Wildman–Crippen LogP) is 6.43. The second-order valence-corrected chi connectivity index (χ2v) is 8.50. The van der Waals surface area contributed by atoms with Gasteiger partial charge in [0.25, 0.3) is 5.91 Å². The van der Waals surface area contributed by atoms with Gasteiger partial charge < -0.3 is 14.6 Å². The number of aryl methyl sites for hydroxylation is 1. The van der Waals surface area contributed by atoms with E-state index < -0.39 is 0 Å². The predicted molar refractivity (Wildman–Crippen MR) is 119 cm³/mol. The summed E-state index contributed by atoms with van der Waals surface area (Å²) in [4.78, 5) is 17.3. The van der Waals surface area contributed by atoms with Crippen LogP contribution in [0.1, 0.15) is 15.5 Å². The molecule has 29 heavy (non-hydrogen) atoms. The molecule has 4 rings (SSSR count). The maximum absolute atomic E-state index is 12.7. The molecule has 148 valence electrons. The molecule has 0 bridgehead atoms. The first kappa shape index (κ1) is 20.0. The molecule has 0 fully saturated rings. The third kappa shape index (κ3) is 4.21. The third-order valence-electron chi connectivity index (χ3n) is 4.26. The molecule has 0 spiro atoms. The van der Waals surface area contributed by atoms with Crippen LogP contribution in [0.25, 0.3) is 10.1 Å². The molecule has 0 unspecified atom stereocenters. The fraction of sp³-hybridized carbons (Fsp3) is 0.100. The van der Waals surface area contributed by atoms with Gasteiger partial charge in [-0.1, -0.05) is 34.8 Å². The number of ether oxygens (including phenoxy) is 1. The lowest BCUT2D eigenvalue weighted by Gasteiger charge is -2.08. The minimum Gasteiger partial charge on any atom is -0.486 e. The van der Waals surface area contributed by atoms with Crippen molar-refractivity contribution in [1.29, 1.82) is 0 Å². The number of benzene rings is 2. The summed E-state index contributed by atoms with van der Waals surface area (Å²) in [6.07, 6.45) is 3.58. The molecule has 4 aromatic rings. The lowest BCUT2D eigenvalue weighted by molar-refractivity contribution is 0.103. The van der Waals surface area contributed by atoms with Crippen LogP contribution in [0.2, 0.25) is 15.1 Å². The second-order valence-electron chi connectivity index (χ2n) is 6.23. The van der Waals surface area contributed by atoms with Crippen molar-refractivity contribution in [3.05, 3.63) is 74.6 Å². The van der Waals surface area contributed by atoms with Crippen molar-refractivity contribution in [3.8, 4) is 5.75 Å². The number of imidazole rings is 1. The number of amides is 1. The minimum atomic E-state index is -0.315. The maximum atomic E-state index is 12.7. The number of anilines is 1. The molecule has 0 aliphatic rings. The number of fused-ring (bicyclic) bond motifs is 1. The zero-order chi connectivity index (χ0) is 20.5. The van der Waals surface area contributed by atoms with Gasteiger partial charge in [-0.2, -0.15) is 0 Å². The highest BCUT2D eigenvalue weighted by Gasteiger charge is 2.19. The highest BCUT2D eigenvalue weighted by Crippen LogP contribution is 2.41. The van der Waals surface area contributed by atoms with Crippen LogP contribution in [0.3, 0.4) is 0 Å². The van der Waals surface area contributed by atoms with Crippen LogP contribution in [0.5, 0.6) is 5.75 Å². The Labute approximate surface area is 185 Å². The van der Waals surface area contributed by atoms with E-state index in [1.807, 2.05) is 17.8 Å². The van der Waals surface area contributed by atoms with Crippen molar-refractivity contribution in [2.45, 2.75) is 6.61 Å². The van der Waals surface area contributed by atoms with Gasteiger partial charge in [-0.05, 0) is 36.4 Å². The van der Waals surface area contributed by atoms with Gasteiger partial charge >= 0.3 is 0 Å². The number of hydrogen-bond acceptors (Lipinski definition) is 4. The fourth-order valence-corrected chi connectivity index (χ4v) is 5.04. The van der Waals surface area contributed by atoms with Gasteiger partial charge in [-0.3, -0.25) is 4.79 Å². The Balaban J connectivity index is 1.47. The van der Waals surface area contributed by atoms with Gasteiger partial charge in [0, 0.05) is 40.2 Å². The van der Waals surface area contributed by atoms with Crippen LogP contribution in [0.4, 0.5) is 5.69 Å². The van der Waals surface area contributed by atoms with Gasteiger partial charge in [0.1, 0.15) is 23.1 Å². The van der Waals surface area contributed by atoms with E-state index in [4.69, 9.17) is 39.5 Å². The summed E-state index contributed by atoms with van der Waals surface area (Å²) < 4.78 is 8.37. The second kappa shape index (κ2) is 8.24. The van der Waals surface area contributed by atoms with E-state index in [0.29, 0.717) is 43.4 Å². The number of rotatable bonds is 5. The van der Waals surface area contributed by atoms with Crippen LogP contribution in [0.15, 0.2) is 48.8 Å². The van der Waals surface area contributed by atoms with Gasteiger partial charge in [0.2, 0.25) is 0 Å². The molecule has 0 saturated heterocycles. The number of hydrogen-bond donors (Lipinski definition) is 1. The Morgan fingerprint density at radius 3 is 2.66 bits per heavy atom. The molecule has 2 aromatic heterocycles. The van der Waals surface area contributed by atoms with Crippen LogP contribution < -0.4 is 10.1 Å². The van der Waals surface area contributed by atoms with Crippen molar-refractivity contribution >= 4 is 67.8 Å². The fourth-order valence-electron chi connectivity index (χ4n) is 2.76. The van der Waals surface area contributed by atoms with Crippen LogP contribution in [-0.2, 0) is 13.7 Å². The summed E-state index contributed by atoms with van der Waals surface area (Å²) in [5.74, 6) is 1.18. The zero-order valence-electron chi connectivity index (χ0n) is 15.1. The van der Waals surface area contributed by atoms with E-state index in [2.05, 4.69) is 10.3 Å². The molecule has 5 nitrogen and oxygen atoms in total. The molecule has 0 aliphatic carbocycles. The normalized spacial score (nSPS) is 11.0. The lowest BCUT2D eigenvalue weighted by atomic mass is 10.2. The molecule has 9 heteroatoms. The molecule has 0 saturated carbocycles. The largest absolute Gasteiger partial charge is 0.486 e. The first-order valence-electron chi connectivity index (χ1n) is 8.50. The van der Waals surface area contributed by atoms with E-state index in [0.717, 1.165) is 10.5 Å². The standard InChI is InChI=1S/C20H14Cl3N3O2S/c1-26-7-6-24-16(26)10-28-13-4-2-12(3-5-13)25-20(27)19-18(23)17-14(22)8-11(21)9-15(17)29-19/h2-9H,10H2,1H3,(H,25,27). The Kier molecular flexibility index (Phi) is 5.69. The zero-order valence-corrected chi connectivity index (χ0v) is 18.2. The summed E-state index contributed by atoms with van der Waals surface area (Å²) in [5.41, 5.74) is 0.622. The van der Waals surface area contributed by atoms with Crippen LogP contribution in [0, 0.1) is 0 Å². The topological polar surface area (TPSA) is 56.1 Å². The summed E-state index contributed by atoms with van der Waals surface area (Å²) in [6, 6.07) is 10.4. The van der Waals surface area contributed by atoms with Gasteiger partial charge in [0.15, 0.2) is 0 Å². The molecule has 2 heterocycles. The van der Waals surface area contributed by atoms with Crippen molar-refractivity contribution in [1.82, 2.24) is 9.55 Å². The number of carbonyl (C=O) groups excluding carboxylic acids is 1. The van der Waals surface area contributed by atoms with Crippen molar-refractivity contribution in [2.24, 2.45) is 7.05 Å². The molecule has 0 radical (unpaired) electrons. The highest BCUT2D eigenvalue weighted by atomic mass is 35.5. The number of aromatic nitrogens is 2. The quantitative estimate of drug-likeness (QED) is 0.369. The summed E-state index contributed by atoms with van der Waals surface area (Å²) in [6.45, 7) is 0.357. The van der Waals surface area contributed by atoms with Crippen molar-refractivity contribution in [3.63, 3.8) is 0 Å². The number of carbonyl (C=O) groups is 1. The summed E-state index contributed by atoms with van der Waals surface area (Å²) >= 11 is 19.9.